The summed E-state index contributed by atoms with van der Waals surface area (Å²) < 4.78 is 6.13. The van der Waals surface area contributed by atoms with Crippen molar-refractivity contribution in [2.75, 3.05) is 13.2 Å². The molecule has 0 amide bonds. The highest BCUT2D eigenvalue weighted by molar-refractivity contribution is 4.93. The number of ether oxygens (including phenoxy) is 1. The first kappa shape index (κ1) is 13.4. The largest absolute Gasteiger partial charge is 0.375 e. The van der Waals surface area contributed by atoms with Gasteiger partial charge in [-0.2, -0.15) is 0 Å². The van der Waals surface area contributed by atoms with E-state index < -0.39 is 0 Å². The molecule has 1 heterocycles. The summed E-state index contributed by atoms with van der Waals surface area (Å²) in [7, 11) is 0. The van der Waals surface area contributed by atoms with Gasteiger partial charge in [0.05, 0.1) is 5.60 Å². The van der Waals surface area contributed by atoms with Gasteiger partial charge in [0.1, 0.15) is 0 Å². The van der Waals surface area contributed by atoms with Crippen LogP contribution < -0.4 is 5.32 Å². The molecule has 0 aromatic carbocycles. The third kappa shape index (κ3) is 3.03. The lowest BCUT2D eigenvalue weighted by atomic mass is 9.76. The molecule has 1 saturated heterocycles. The van der Waals surface area contributed by atoms with Gasteiger partial charge >= 0.3 is 0 Å². The van der Waals surface area contributed by atoms with Crippen LogP contribution in [0.3, 0.4) is 0 Å². The summed E-state index contributed by atoms with van der Waals surface area (Å²) >= 11 is 0. The zero-order chi connectivity index (χ0) is 12.3. The Bertz CT molecular complexity index is 235. The summed E-state index contributed by atoms with van der Waals surface area (Å²) in [6, 6.07) is 0.640. The van der Waals surface area contributed by atoms with E-state index in [0.717, 1.165) is 25.0 Å². The van der Waals surface area contributed by atoms with Crippen molar-refractivity contribution in [3.05, 3.63) is 0 Å². The van der Waals surface area contributed by atoms with Gasteiger partial charge in [-0.05, 0) is 51.0 Å². The standard InChI is InChI=1S/C15H29NO/c1-4-16-13(3)12(2)14-7-10-17-15(11-14)8-5-6-9-15/h12-14,16H,4-11H2,1-3H3. The van der Waals surface area contributed by atoms with Gasteiger partial charge in [0.25, 0.3) is 0 Å². The number of rotatable bonds is 4. The van der Waals surface area contributed by atoms with Crippen LogP contribution in [0.1, 0.15) is 59.3 Å². The zero-order valence-corrected chi connectivity index (χ0v) is 11.8. The van der Waals surface area contributed by atoms with E-state index in [1.165, 1.54) is 38.5 Å². The van der Waals surface area contributed by atoms with Gasteiger partial charge in [0, 0.05) is 12.6 Å². The second-order valence-electron chi connectivity index (χ2n) is 6.20. The van der Waals surface area contributed by atoms with E-state index in [1.54, 1.807) is 0 Å². The van der Waals surface area contributed by atoms with Crippen LogP contribution in [0, 0.1) is 11.8 Å². The summed E-state index contributed by atoms with van der Waals surface area (Å²) in [5, 5.41) is 3.58. The first-order valence-corrected chi connectivity index (χ1v) is 7.54. The molecule has 0 bridgehead atoms. The highest BCUT2D eigenvalue weighted by Gasteiger charge is 2.41. The van der Waals surface area contributed by atoms with Crippen LogP contribution in [0.15, 0.2) is 0 Å². The van der Waals surface area contributed by atoms with E-state index in [0.29, 0.717) is 6.04 Å². The van der Waals surface area contributed by atoms with Gasteiger partial charge in [-0.1, -0.05) is 26.7 Å². The molecular formula is C15H29NO. The van der Waals surface area contributed by atoms with E-state index in [-0.39, 0.29) is 5.60 Å². The lowest BCUT2D eigenvalue weighted by Gasteiger charge is -2.42. The van der Waals surface area contributed by atoms with E-state index in [1.807, 2.05) is 0 Å². The summed E-state index contributed by atoms with van der Waals surface area (Å²) in [6.07, 6.45) is 7.95. The monoisotopic (exact) mass is 239 g/mol. The molecule has 2 rings (SSSR count). The maximum absolute atomic E-state index is 6.13. The topological polar surface area (TPSA) is 21.3 Å². The highest BCUT2D eigenvalue weighted by atomic mass is 16.5. The van der Waals surface area contributed by atoms with Crippen molar-refractivity contribution in [1.82, 2.24) is 5.32 Å². The Morgan fingerprint density at radius 2 is 2.00 bits per heavy atom. The fourth-order valence-corrected chi connectivity index (χ4v) is 3.80. The first-order valence-electron chi connectivity index (χ1n) is 7.54. The maximum atomic E-state index is 6.13. The average molecular weight is 239 g/mol. The molecule has 2 aliphatic rings. The maximum Gasteiger partial charge on any atom is 0.0685 e. The zero-order valence-electron chi connectivity index (χ0n) is 11.8. The lowest BCUT2D eigenvalue weighted by molar-refractivity contribution is -0.102. The van der Waals surface area contributed by atoms with Crippen LogP contribution >= 0.6 is 0 Å². The molecular weight excluding hydrogens is 210 g/mol. The van der Waals surface area contributed by atoms with Crippen molar-refractivity contribution in [1.29, 1.82) is 0 Å². The Hall–Kier alpha value is -0.0800. The minimum atomic E-state index is 0.281. The molecule has 0 aromatic heterocycles. The molecule has 1 aliphatic heterocycles. The average Bonchev–Trinajstić information content (AvgIpc) is 2.76. The molecule has 1 aliphatic carbocycles. The van der Waals surface area contributed by atoms with Crippen LogP contribution in [-0.2, 0) is 4.74 Å². The third-order valence-corrected chi connectivity index (χ3v) is 5.10. The van der Waals surface area contributed by atoms with Crippen molar-refractivity contribution >= 4 is 0 Å². The predicted octanol–water partition coefficient (Wildman–Crippen LogP) is 3.36. The molecule has 3 unspecified atom stereocenters. The van der Waals surface area contributed by atoms with Crippen molar-refractivity contribution in [3.63, 3.8) is 0 Å². The van der Waals surface area contributed by atoms with Gasteiger partial charge in [0.2, 0.25) is 0 Å². The van der Waals surface area contributed by atoms with Gasteiger partial charge in [-0.15, -0.1) is 0 Å². The van der Waals surface area contributed by atoms with Crippen LogP contribution in [-0.4, -0.2) is 24.8 Å². The molecule has 1 spiro atoms. The van der Waals surface area contributed by atoms with Crippen LogP contribution in [0.4, 0.5) is 0 Å². The van der Waals surface area contributed by atoms with E-state index >= 15 is 0 Å². The Morgan fingerprint density at radius 3 is 2.65 bits per heavy atom. The minimum Gasteiger partial charge on any atom is -0.375 e. The number of hydrogen-bond acceptors (Lipinski definition) is 2. The van der Waals surface area contributed by atoms with Gasteiger partial charge < -0.3 is 10.1 Å². The highest BCUT2D eigenvalue weighted by Crippen LogP contribution is 2.44. The Kier molecular flexibility index (Phi) is 4.48. The van der Waals surface area contributed by atoms with Crippen molar-refractivity contribution in [2.24, 2.45) is 11.8 Å². The second-order valence-corrected chi connectivity index (χ2v) is 6.20. The third-order valence-electron chi connectivity index (χ3n) is 5.10. The van der Waals surface area contributed by atoms with Gasteiger partial charge in [-0.25, -0.2) is 0 Å². The SMILES string of the molecule is CCNC(C)C(C)C1CCOC2(CCCC2)C1. The summed E-state index contributed by atoms with van der Waals surface area (Å²) in [4.78, 5) is 0. The van der Waals surface area contributed by atoms with Crippen molar-refractivity contribution < 1.29 is 4.74 Å². The summed E-state index contributed by atoms with van der Waals surface area (Å²) in [6.45, 7) is 9.04. The number of hydrogen-bond donors (Lipinski definition) is 1. The molecule has 1 N–H and O–H groups in total. The molecule has 0 radical (unpaired) electrons. The van der Waals surface area contributed by atoms with Crippen molar-refractivity contribution in [3.8, 4) is 0 Å². The summed E-state index contributed by atoms with van der Waals surface area (Å²) in [5.41, 5.74) is 0.281. The van der Waals surface area contributed by atoms with Crippen LogP contribution in [0.5, 0.6) is 0 Å². The van der Waals surface area contributed by atoms with Crippen LogP contribution in [0.2, 0.25) is 0 Å². The van der Waals surface area contributed by atoms with Gasteiger partial charge in [0.15, 0.2) is 0 Å². The minimum absolute atomic E-state index is 0.281. The second kappa shape index (κ2) is 5.71. The molecule has 2 heteroatoms. The van der Waals surface area contributed by atoms with Crippen molar-refractivity contribution in [2.45, 2.75) is 70.9 Å². The smallest absolute Gasteiger partial charge is 0.0685 e. The lowest BCUT2D eigenvalue weighted by Crippen LogP contribution is -2.43. The first-order chi connectivity index (χ1) is 8.17. The normalized spacial score (nSPS) is 31.6. The fraction of sp³-hybridized carbons (Fsp3) is 1.00. The fourth-order valence-electron chi connectivity index (χ4n) is 3.80. The molecule has 100 valence electrons. The Labute approximate surface area is 107 Å². The number of nitrogens with one attached hydrogen (secondary N) is 1. The van der Waals surface area contributed by atoms with Crippen LogP contribution in [0.25, 0.3) is 0 Å². The molecule has 2 fully saturated rings. The molecule has 3 atom stereocenters. The van der Waals surface area contributed by atoms with E-state index in [4.69, 9.17) is 4.74 Å². The van der Waals surface area contributed by atoms with Gasteiger partial charge in [-0.3, -0.25) is 0 Å². The molecule has 2 nitrogen and oxygen atoms in total. The Balaban J connectivity index is 1.92. The Morgan fingerprint density at radius 1 is 1.29 bits per heavy atom. The summed E-state index contributed by atoms with van der Waals surface area (Å²) in [5.74, 6) is 1.63. The molecule has 1 saturated carbocycles. The predicted molar refractivity (Wildman–Crippen MR) is 72.2 cm³/mol. The van der Waals surface area contributed by atoms with E-state index in [9.17, 15) is 0 Å². The molecule has 0 aromatic rings. The van der Waals surface area contributed by atoms with E-state index in [2.05, 4.69) is 26.1 Å². The molecule has 17 heavy (non-hydrogen) atoms. The quantitative estimate of drug-likeness (QED) is 0.812.